The molecule has 0 spiro atoms. The van der Waals surface area contributed by atoms with Crippen LogP contribution in [0.1, 0.15) is 6.92 Å². The van der Waals surface area contributed by atoms with E-state index in [1.54, 1.807) is 0 Å². The summed E-state index contributed by atoms with van der Waals surface area (Å²) in [4.78, 5) is 0. The minimum atomic E-state index is -1.22. The van der Waals surface area contributed by atoms with Gasteiger partial charge in [-0.2, -0.15) is 8.75 Å². The molecular formula is C10H8F3N3S. The quantitative estimate of drug-likeness (QED) is 0.861. The first-order chi connectivity index (χ1) is 8.13. The molecule has 1 N–H and O–H groups in total. The highest BCUT2D eigenvalue weighted by Gasteiger charge is 2.17. The van der Waals surface area contributed by atoms with Crippen molar-refractivity contribution in [2.75, 3.05) is 11.9 Å². The van der Waals surface area contributed by atoms with E-state index in [0.717, 1.165) is 17.8 Å². The lowest BCUT2D eigenvalue weighted by Gasteiger charge is -2.04. The van der Waals surface area contributed by atoms with Gasteiger partial charge in [0.15, 0.2) is 17.5 Å². The van der Waals surface area contributed by atoms with E-state index in [1.807, 2.05) is 6.92 Å². The van der Waals surface area contributed by atoms with Gasteiger partial charge in [0.2, 0.25) is 0 Å². The Hall–Kier alpha value is -1.63. The Morgan fingerprint density at radius 2 is 1.82 bits per heavy atom. The summed E-state index contributed by atoms with van der Waals surface area (Å²) in [5.74, 6) is -2.84. The molecule has 0 fully saturated rings. The van der Waals surface area contributed by atoms with Gasteiger partial charge >= 0.3 is 0 Å². The summed E-state index contributed by atoms with van der Waals surface area (Å²) in [5.41, 5.74) is 0.0850. The highest BCUT2D eigenvalue weighted by Crippen LogP contribution is 2.29. The van der Waals surface area contributed by atoms with Gasteiger partial charge < -0.3 is 5.32 Å². The molecule has 0 aliphatic carbocycles. The normalized spacial score (nSPS) is 10.6. The van der Waals surface area contributed by atoms with Gasteiger partial charge in [-0.3, -0.25) is 0 Å². The summed E-state index contributed by atoms with van der Waals surface area (Å²) in [5, 5.41) is 2.87. The molecular weight excluding hydrogens is 251 g/mol. The van der Waals surface area contributed by atoms with Crippen molar-refractivity contribution in [2.24, 2.45) is 0 Å². The largest absolute Gasteiger partial charge is 0.368 e. The fraction of sp³-hybridized carbons (Fsp3) is 0.200. The van der Waals surface area contributed by atoms with E-state index >= 15 is 0 Å². The molecule has 0 saturated heterocycles. The molecule has 1 aromatic heterocycles. The molecule has 17 heavy (non-hydrogen) atoms. The zero-order valence-electron chi connectivity index (χ0n) is 8.80. The standard InChI is InChI=1S/C10H8F3N3S/c1-2-14-10-9(15-17-16-10)5-3-7(12)8(13)4-6(5)11/h3-4H,2H2,1H3,(H,14,16). The Morgan fingerprint density at radius 1 is 1.12 bits per heavy atom. The molecule has 1 heterocycles. The van der Waals surface area contributed by atoms with Crippen molar-refractivity contribution in [3.63, 3.8) is 0 Å². The Bertz CT molecular complexity index is 542. The fourth-order valence-corrected chi connectivity index (χ4v) is 1.89. The Labute approximate surface area is 99.6 Å². The first kappa shape index (κ1) is 11.8. The molecule has 1 aromatic carbocycles. The van der Waals surface area contributed by atoms with E-state index < -0.39 is 17.5 Å². The number of benzene rings is 1. The maximum Gasteiger partial charge on any atom is 0.168 e. The lowest BCUT2D eigenvalue weighted by Crippen LogP contribution is -2.00. The third-order valence-electron chi connectivity index (χ3n) is 2.10. The average Bonchev–Trinajstić information content (AvgIpc) is 2.72. The number of aromatic nitrogens is 2. The number of halogens is 3. The molecule has 2 rings (SSSR count). The summed E-state index contributed by atoms with van der Waals surface area (Å²) in [7, 11) is 0. The number of hydrogen-bond acceptors (Lipinski definition) is 4. The van der Waals surface area contributed by atoms with Crippen LogP contribution in [0.3, 0.4) is 0 Å². The minimum absolute atomic E-state index is 0.103. The van der Waals surface area contributed by atoms with Crippen molar-refractivity contribution in [1.29, 1.82) is 0 Å². The second kappa shape index (κ2) is 4.70. The zero-order valence-corrected chi connectivity index (χ0v) is 9.61. The summed E-state index contributed by atoms with van der Waals surface area (Å²) in [6, 6.07) is 1.28. The highest BCUT2D eigenvalue weighted by molar-refractivity contribution is 6.99. The van der Waals surface area contributed by atoms with Gasteiger partial charge in [-0.05, 0) is 13.0 Å². The van der Waals surface area contributed by atoms with Gasteiger partial charge in [0.1, 0.15) is 11.5 Å². The van der Waals surface area contributed by atoms with Crippen LogP contribution in [0.2, 0.25) is 0 Å². The molecule has 90 valence electrons. The third-order valence-corrected chi connectivity index (χ3v) is 2.63. The number of rotatable bonds is 3. The molecule has 7 heteroatoms. The molecule has 0 bridgehead atoms. The molecule has 0 amide bonds. The maximum atomic E-state index is 13.5. The first-order valence-electron chi connectivity index (χ1n) is 4.84. The maximum absolute atomic E-state index is 13.5. The number of anilines is 1. The van der Waals surface area contributed by atoms with Gasteiger partial charge in [0, 0.05) is 18.2 Å². The second-order valence-corrected chi connectivity index (χ2v) is 3.77. The van der Waals surface area contributed by atoms with Gasteiger partial charge in [0.25, 0.3) is 0 Å². The molecule has 0 unspecified atom stereocenters. The average molecular weight is 259 g/mol. The van der Waals surface area contributed by atoms with Crippen LogP contribution in [0.5, 0.6) is 0 Å². The number of nitrogens with zero attached hydrogens (tertiary/aromatic N) is 2. The third kappa shape index (κ3) is 2.23. The molecule has 0 saturated carbocycles. The predicted octanol–water partition coefficient (Wildman–Crippen LogP) is 3.05. The summed E-state index contributed by atoms with van der Waals surface area (Å²) in [6.45, 7) is 2.41. The molecule has 3 nitrogen and oxygen atoms in total. The van der Waals surface area contributed by atoms with E-state index in [9.17, 15) is 13.2 Å². The van der Waals surface area contributed by atoms with Gasteiger partial charge in [-0.1, -0.05) is 0 Å². The second-order valence-electron chi connectivity index (χ2n) is 3.24. The van der Waals surface area contributed by atoms with E-state index in [2.05, 4.69) is 14.1 Å². The smallest absolute Gasteiger partial charge is 0.168 e. The van der Waals surface area contributed by atoms with Crippen molar-refractivity contribution in [2.45, 2.75) is 6.92 Å². The molecule has 0 radical (unpaired) electrons. The Kier molecular flexibility index (Phi) is 3.28. The number of nitrogens with one attached hydrogen (secondary N) is 1. The number of hydrogen-bond donors (Lipinski definition) is 1. The van der Waals surface area contributed by atoms with Gasteiger partial charge in [-0.15, -0.1) is 0 Å². The molecule has 2 aromatic rings. The van der Waals surface area contributed by atoms with E-state index in [1.165, 1.54) is 0 Å². The van der Waals surface area contributed by atoms with Crippen LogP contribution < -0.4 is 5.32 Å². The van der Waals surface area contributed by atoms with Crippen LogP contribution in [0.4, 0.5) is 19.0 Å². The summed E-state index contributed by atoms with van der Waals surface area (Å²) >= 11 is 0.874. The van der Waals surface area contributed by atoms with Crippen molar-refractivity contribution in [3.8, 4) is 11.3 Å². The highest BCUT2D eigenvalue weighted by atomic mass is 32.1. The van der Waals surface area contributed by atoms with Crippen LogP contribution in [0.15, 0.2) is 12.1 Å². The van der Waals surface area contributed by atoms with Crippen LogP contribution in [-0.2, 0) is 0 Å². The topological polar surface area (TPSA) is 37.8 Å². The van der Waals surface area contributed by atoms with Crippen LogP contribution in [-0.4, -0.2) is 15.3 Å². The van der Waals surface area contributed by atoms with Crippen LogP contribution in [0.25, 0.3) is 11.3 Å². The van der Waals surface area contributed by atoms with Crippen molar-refractivity contribution < 1.29 is 13.2 Å². The first-order valence-corrected chi connectivity index (χ1v) is 5.57. The predicted molar refractivity (Wildman–Crippen MR) is 59.4 cm³/mol. The van der Waals surface area contributed by atoms with Crippen LogP contribution >= 0.6 is 11.7 Å². The fourth-order valence-electron chi connectivity index (χ4n) is 1.35. The van der Waals surface area contributed by atoms with E-state index in [4.69, 9.17) is 0 Å². The molecule has 0 aliphatic rings. The molecule has 0 aliphatic heterocycles. The van der Waals surface area contributed by atoms with Crippen molar-refractivity contribution in [3.05, 3.63) is 29.6 Å². The Morgan fingerprint density at radius 3 is 2.53 bits per heavy atom. The van der Waals surface area contributed by atoms with Gasteiger partial charge in [0.05, 0.1) is 11.7 Å². The van der Waals surface area contributed by atoms with Crippen LogP contribution in [0, 0.1) is 17.5 Å². The van der Waals surface area contributed by atoms with Crippen molar-refractivity contribution in [1.82, 2.24) is 8.75 Å². The van der Waals surface area contributed by atoms with Crippen molar-refractivity contribution >= 4 is 17.5 Å². The van der Waals surface area contributed by atoms with Gasteiger partial charge in [-0.25, -0.2) is 13.2 Å². The zero-order chi connectivity index (χ0) is 12.4. The van der Waals surface area contributed by atoms with E-state index in [0.29, 0.717) is 18.4 Å². The summed E-state index contributed by atoms with van der Waals surface area (Å²) in [6.07, 6.45) is 0. The lowest BCUT2D eigenvalue weighted by atomic mass is 10.1. The SMILES string of the molecule is CCNc1nsnc1-c1cc(F)c(F)cc1F. The minimum Gasteiger partial charge on any atom is -0.368 e. The van der Waals surface area contributed by atoms with E-state index in [-0.39, 0.29) is 11.3 Å². The summed E-state index contributed by atoms with van der Waals surface area (Å²) < 4.78 is 47.2. The monoisotopic (exact) mass is 259 g/mol. The molecule has 0 atom stereocenters. The Balaban J connectivity index is 2.52. The lowest BCUT2D eigenvalue weighted by molar-refractivity contribution is 0.496.